The number of hydrogen-bond acceptors (Lipinski definition) is 6. The Morgan fingerprint density at radius 2 is 1.33 bits per heavy atom. The fraction of sp³-hybridized carbons (Fsp3) is 0.300. The molecule has 3 aromatic rings. The summed E-state index contributed by atoms with van der Waals surface area (Å²) in [5, 5.41) is 12.2. The van der Waals surface area contributed by atoms with Crippen molar-refractivity contribution in [2.45, 2.75) is 43.6 Å². The molecule has 1 fully saturated rings. The number of hydrogen-bond donors (Lipinski definition) is 0. The van der Waals surface area contributed by atoms with Gasteiger partial charge < -0.3 is 9.57 Å². The van der Waals surface area contributed by atoms with Gasteiger partial charge in [-0.25, -0.2) is 9.59 Å². The smallest absolute Gasteiger partial charge is 0.436 e. The molecule has 1 unspecified atom stereocenters. The van der Waals surface area contributed by atoms with Crippen molar-refractivity contribution >= 4 is 11.9 Å². The normalized spacial score (nSPS) is 14.9. The van der Waals surface area contributed by atoms with E-state index < -0.39 is 23.5 Å². The van der Waals surface area contributed by atoms with E-state index in [1.54, 1.807) is 0 Å². The second-order valence-electron chi connectivity index (χ2n) is 8.94. The van der Waals surface area contributed by atoms with E-state index in [0.29, 0.717) is 37.1 Å². The summed E-state index contributed by atoms with van der Waals surface area (Å²) in [7, 11) is 0. The van der Waals surface area contributed by atoms with Gasteiger partial charge in [-0.05, 0) is 42.4 Å². The lowest BCUT2D eigenvalue weighted by atomic mass is 9.70. The highest BCUT2D eigenvalue weighted by molar-refractivity contribution is 6.29. The first kappa shape index (κ1) is 25.2. The summed E-state index contributed by atoms with van der Waals surface area (Å²) in [6.07, 6.45) is 2.84. The first-order valence-corrected chi connectivity index (χ1v) is 12.4. The van der Waals surface area contributed by atoms with Crippen molar-refractivity contribution in [3.63, 3.8) is 0 Å². The molecular formula is C30H30N2O4. The fourth-order valence-corrected chi connectivity index (χ4v) is 4.74. The van der Waals surface area contributed by atoms with Gasteiger partial charge >= 0.3 is 11.9 Å². The van der Waals surface area contributed by atoms with Crippen LogP contribution in [0.25, 0.3) is 0 Å². The third-order valence-electron chi connectivity index (χ3n) is 6.60. The topological polar surface area (TPSA) is 79.6 Å². The van der Waals surface area contributed by atoms with Crippen molar-refractivity contribution in [3.8, 4) is 6.07 Å². The molecule has 0 bridgehead atoms. The van der Waals surface area contributed by atoms with Crippen LogP contribution in [0.5, 0.6) is 0 Å². The molecule has 3 aromatic carbocycles. The average Bonchev–Trinajstić information content (AvgIpc) is 2.94. The number of nitriles is 1. The lowest BCUT2D eigenvalue weighted by Gasteiger charge is -2.35. The average molecular weight is 483 g/mol. The minimum absolute atomic E-state index is 0.337. The number of ether oxygens (including phenoxy) is 1. The zero-order valence-corrected chi connectivity index (χ0v) is 20.2. The number of hydroxylamine groups is 2. The Labute approximate surface area is 212 Å². The molecule has 0 radical (unpaired) electrons. The van der Waals surface area contributed by atoms with E-state index >= 15 is 0 Å². The maximum atomic E-state index is 13.0. The van der Waals surface area contributed by atoms with Crippen molar-refractivity contribution in [3.05, 3.63) is 108 Å². The molecule has 6 nitrogen and oxygen atoms in total. The van der Waals surface area contributed by atoms with Gasteiger partial charge in [0.15, 0.2) is 0 Å². The highest BCUT2D eigenvalue weighted by Crippen LogP contribution is 2.39. The highest BCUT2D eigenvalue weighted by Gasteiger charge is 2.46. The quantitative estimate of drug-likeness (QED) is 0.333. The summed E-state index contributed by atoms with van der Waals surface area (Å²) in [6, 6.07) is 30.8. The lowest BCUT2D eigenvalue weighted by Crippen LogP contribution is -2.45. The molecule has 4 rings (SSSR count). The number of aryl methyl sites for hydroxylation is 1. The summed E-state index contributed by atoms with van der Waals surface area (Å²) in [6.45, 7) is 1.18. The molecule has 6 heteroatoms. The number of piperidine rings is 1. The van der Waals surface area contributed by atoms with Crippen LogP contribution in [0, 0.1) is 11.3 Å². The van der Waals surface area contributed by atoms with Crippen LogP contribution < -0.4 is 0 Å². The zero-order valence-electron chi connectivity index (χ0n) is 20.2. The standard InChI is InChI=1S/C30H30N2O4/c31-23-30(25-15-7-2-8-16-25,26-17-9-3-10-18-26)27(20-19-24-13-5-1-6-14-24)35-28(33)29(34)36-32-21-11-4-12-22-32/h1-3,5-10,13-18,27H,4,11-12,19-22H2. The van der Waals surface area contributed by atoms with Gasteiger partial charge in [0.25, 0.3) is 0 Å². The summed E-state index contributed by atoms with van der Waals surface area (Å²) in [5.41, 5.74) is 1.10. The molecule has 0 saturated carbocycles. The van der Waals surface area contributed by atoms with E-state index in [1.807, 2.05) is 91.0 Å². The third-order valence-corrected chi connectivity index (χ3v) is 6.60. The van der Waals surface area contributed by atoms with Gasteiger partial charge in [-0.3, -0.25) is 0 Å². The molecule has 1 atom stereocenters. The second kappa shape index (κ2) is 12.1. The van der Waals surface area contributed by atoms with Crippen LogP contribution in [-0.4, -0.2) is 36.2 Å². The molecule has 1 aliphatic heterocycles. The number of rotatable bonds is 8. The fourth-order valence-electron chi connectivity index (χ4n) is 4.74. The van der Waals surface area contributed by atoms with Crippen molar-refractivity contribution in [1.82, 2.24) is 5.06 Å². The summed E-state index contributed by atoms with van der Waals surface area (Å²) >= 11 is 0. The van der Waals surface area contributed by atoms with Crippen LogP contribution >= 0.6 is 0 Å². The minimum atomic E-state index is -1.32. The Kier molecular flexibility index (Phi) is 8.48. The molecule has 0 spiro atoms. The van der Waals surface area contributed by atoms with E-state index in [9.17, 15) is 14.9 Å². The Balaban J connectivity index is 1.68. The number of carbonyl (C=O) groups excluding carboxylic acids is 2. The van der Waals surface area contributed by atoms with Gasteiger partial charge in [-0.1, -0.05) is 97.4 Å². The number of nitrogens with zero attached hydrogens (tertiary/aromatic N) is 2. The second-order valence-corrected chi connectivity index (χ2v) is 8.94. The van der Waals surface area contributed by atoms with E-state index in [-0.39, 0.29) is 0 Å². The van der Waals surface area contributed by atoms with Gasteiger partial charge in [0.2, 0.25) is 0 Å². The molecule has 36 heavy (non-hydrogen) atoms. The highest BCUT2D eigenvalue weighted by atomic mass is 16.7. The molecule has 1 aliphatic rings. The SMILES string of the molecule is N#CC(c1ccccc1)(c1ccccc1)C(CCc1ccccc1)OC(=O)C(=O)ON1CCCCC1. The molecule has 0 N–H and O–H groups in total. The van der Waals surface area contributed by atoms with Gasteiger partial charge in [0.05, 0.1) is 6.07 Å². The van der Waals surface area contributed by atoms with Gasteiger partial charge in [0.1, 0.15) is 11.5 Å². The van der Waals surface area contributed by atoms with Gasteiger partial charge in [-0.2, -0.15) is 5.26 Å². The van der Waals surface area contributed by atoms with Crippen LogP contribution in [0.2, 0.25) is 0 Å². The van der Waals surface area contributed by atoms with Crippen LogP contribution in [-0.2, 0) is 31.0 Å². The number of benzene rings is 3. The monoisotopic (exact) mass is 482 g/mol. The van der Waals surface area contributed by atoms with Gasteiger partial charge in [0, 0.05) is 13.1 Å². The Morgan fingerprint density at radius 3 is 1.86 bits per heavy atom. The first-order chi connectivity index (χ1) is 17.6. The van der Waals surface area contributed by atoms with Crippen molar-refractivity contribution in [2.24, 2.45) is 0 Å². The minimum Gasteiger partial charge on any atom is -0.451 e. The Morgan fingerprint density at radius 1 is 0.806 bits per heavy atom. The predicted octanol–water partition coefficient (Wildman–Crippen LogP) is 4.98. The zero-order chi connectivity index (χ0) is 25.2. The number of carbonyl (C=O) groups is 2. The summed E-state index contributed by atoms with van der Waals surface area (Å²) < 4.78 is 5.88. The Hall–Kier alpha value is -3.95. The van der Waals surface area contributed by atoms with Crippen molar-refractivity contribution < 1.29 is 19.2 Å². The number of esters is 1. The van der Waals surface area contributed by atoms with Crippen molar-refractivity contribution in [1.29, 1.82) is 5.26 Å². The first-order valence-electron chi connectivity index (χ1n) is 12.4. The van der Waals surface area contributed by atoms with E-state index in [2.05, 4.69) is 6.07 Å². The van der Waals surface area contributed by atoms with Crippen LogP contribution in [0.15, 0.2) is 91.0 Å². The van der Waals surface area contributed by atoms with E-state index in [4.69, 9.17) is 9.57 Å². The molecule has 1 heterocycles. The van der Waals surface area contributed by atoms with E-state index in [1.165, 1.54) is 5.06 Å². The molecular weight excluding hydrogens is 452 g/mol. The van der Waals surface area contributed by atoms with Gasteiger partial charge in [-0.15, -0.1) is 5.06 Å². The summed E-state index contributed by atoms with van der Waals surface area (Å²) in [4.78, 5) is 31.0. The summed E-state index contributed by atoms with van der Waals surface area (Å²) in [5.74, 6) is -2.15. The molecule has 0 amide bonds. The van der Waals surface area contributed by atoms with Crippen LogP contribution in [0.4, 0.5) is 0 Å². The lowest BCUT2D eigenvalue weighted by molar-refractivity contribution is -0.205. The van der Waals surface area contributed by atoms with E-state index in [0.717, 1.165) is 24.8 Å². The third kappa shape index (κ3) is 5.81. The maximum Gasteiger partial charge on any atom is 0.436 e. The largest absolute Gasteiger partial charge is 0.451 e. The molecule has 0 aromatic heterocycles. The molecule has 0 aliphatic carbocycles. The maximum absolute atomic E-state index is 13.0. The van der Waals surface area contributed by atoms with Crippen LogP contribution in [0.3, 0.4) is 0 Å². The van der Waals surface area contributed by atoms with Crippen molar-refractivity contribution in [2.75, 3.05) is 13.1 Å². The predicted molar refractivity (Wildman–Crippen MR) is 135 cm³/mol. The molecule has 184 valence electrons. The Bertz CT molecular complexity index is 1130. The molecule has 1 saturated heterocycles. The van der Waals surface area contributed by atoms with Crippen LogP contribution in [0.1, 0.15) is 42.4 Å².